The van der Waals surface area contributed by atoms with E-state index in [0.717, 1.165) is 28.1 Å². The number of thiocarbonyl (C=S) groups is 1. The van der Waals surface area contributed by atoms with E-state index in [1.54, 1.807) is 7.11 Å². The lowest BCUT2D eigenvalue weighted by atomic mass is 9.78. The third-order valence-corrected chi connectivity index (χ3v) is 6.95. The van der Waals surface area contributed by atoms with Crippen molar-refractivity contribution in [1.82, 2.24) is 5.32 Å². The van der Waals surface area contributed by atoms with Gasteiger partial charge >= 0.3 is 0 Å². The summed E-state index contributed by atoms with van der Waals surface area (Å²) in [5, 5.41) is 7.08. The average molecular weight is 474 g/mol. The van der Waals surface area contributed by atoms with Gasteiger partial charge in [-0.05, 0) is 62.8 Å². The first-order chi connectivity index (χ1) is 16.3. The molecule has 2 aliphatic rings. The van der Waals surface area contributed by atoms with Gasteiger partial charge in [0.2, 0.25) is 5.91 Å². The fourth-order valence-electron chi connectivity index (χ4n) is 5.06. The predicted octanol–water partition coefficient (Wildman–Crippen LogP) is 5.11. The summed E-state index contributed by atoms with van der Waals surface area (Å²) in [7, 11) is 1.61. The van der Waals surface area contributed by atoms with Crippen LogP contribution in [0.3, 0.4) is 0 Å². The number of carbonyl (C=O) groups excluding carboxylic acids is 1. The molecule has 3 aromatic carbocycles. The first-order valence-corrected chi connectivity index (χ1v) is 11.6. The number of benzene rings is 3. The van der Waals surface area contributed by atoms with Gasteiger partial charge in [-0.2, -0.15) is 0 Å². The molecule has 0 spiro atoms. The lowest BCUT2D eigenvalue weighted by Gasteiger charge is -2.56. The molecule has 0 unspecified atom stereocenters. The van der Waals surface area contributed by atoms with Crippen LogP contribution in [0.2, 0.25) is 0 Å². The van der Waals surface area contributed by atoms with Gasteiger partial charge in [0.1, 0.15) is 5.92 Å². The minimum atomic E-state index is -1.10. The van der Waals surface area contributed by atoms with E-state index < -0.39 is 11.6 Å². The van der Waals surface area contributed by atoms with Crippen molar-refractivity contribution in [1.29, 1.82) is 0 Å². The normalized spacial score (nSPS) is 22.8. The largest absolute Gasteiger partial charge is 0.493 e. The second-order valence-electron chi connectivity index (χ2n) is 8.92. The molecule has 174 valence electrons. The SMILES string of the molecule is COc1cccc2c1O[C@@]1(C)[C@@H](C(=O)Nc3ccc(C)cc3C)[C@@H]2NC(=S)N1c1ccccc1. The molecule has 34 heavy (non-hydrogen) atoms. The summed E-state index contributed by atoms with van der Waals surface area (Å²) in [6, 6.07) is 21.1. The van der Waals surface area contributed by atoms with Gasteiger partial charge < -0.3 is 20.1 Å². The maximum atomic E-state index is 13.9. The number of nitrogens with zero attached hydrogens (tertiary/aromatic N) is 1. The van der Waals surface area contributed by atoms with Crippen LogP contribution in [0.4, 0.5) is 11.4 Å². The van der Waals surface area contributed by atoms with Crippen LogP contribution in [0.25, 0.3) is 0 Å². The second kappa shape index (κ2) is 8.33. The molecule has 7 heteroatoms. The van der Waals surface area contributed by atoms with Crippen LogP contribution < -0.4 is 25.0 Å². The molecular formula is C27H27N3O3S. The van der Waals surface area contributed by atoms with Crippen LogP contribution in [0, 0.1) is 19.8 Å². The van der Waals surface area contributed by atoms with Gasteiger partial charge in [0.25, 0.3) is 0 Å². The van der Waals surface area contributed by atoms with Gasteiger partial charge in [-0.25, -0.2) is 0 Å². The van der Waals surface area contributed by atoms with E-state index in [4.69, 9.17) is 21.7 Å². The van der Waals surface area contributed by atoms with Crippen LogP contribution in [-0.4, -0.2) is 23.9 Å². The molecule has 2 heterocycles. The average Bonchev–Trinajstić information content (AvgIpc) is 2.80. The van der Waals surface area contributed by atoms with E-state index in [-0.39, 0.29) is 11.9 Å². The van der Waals surface area contributed by atoms with E-state index in [1.807, 2.05) is 86.3 Å². The molecule has 2 bridgehead atoms. The Morgan fingerprint density at radius 2 is 1.88 bits per heavy atom. The first kappa shape index (κ1) is 22.2. The third-order valence-electron chi connectivity index (χ3n) is 6.65. The number of hydrogen-bond donors (Lipinski definition) is 2. The number of amides is 1. The van der Waals surface area contributed by atoms with Gasteiger partial charge in [0.05, 0.1) is 13.2 Å². The Kier molecular flexibility index (Phi) is 5.44. The van der Waals surface area contributed by atoms with E-state index in [0.29, 0.717) is 16.6 Å². The molecule has 0 radical (unpaired) electrons. The minimum absolute atomic E-state index is 0.149. The number of para-hydroxylation sites is 2. The number of carbonyl (C=O) groups is 1. The highest BCUT2D eigenvalue weighted by Gasteiger charge is 2.59. The topological polar surface area (TPSA) is 62.8 Å². The van der Waals surface area contributed by atoms with Crippen molar-refractivity contribution in [3.8, 4) is 11.5 Å². The zero-order valence-corrected chi connectivity index (χ0v) is 20.4. The van der Waals surface area contributed by atoms with Gasteiger partial charge in [0.15, 0.2) is 22.3 Å². The number of fused-ring (bicyclic) bond motifs is 4. The van der Waals surface area contributed by atoms with Gasteiger partial charge in [0, 0.05) is 16.9 Å². The quantitative estimate of drug-likeness (QED) is 0.514. The number of methoxy groups -OCH3 is 1. The monoisotopic (exact) mass is 473 g/mol. The number of nitrogens with one attached hydrogen (secondary N) is 2. The van der Waals surface area contributed by atoms with Crippen LogP contribution >= 0.6 is 12.2 Å². The van der Waals surface area contributed by atoms with Crippen LogP contribution in [0.5, 0.6) is 11.5 Å². The zero-order chi connectivity index (χ0) is 24.0. The summed E-state index contributed by atoms with van der Waals surface area (Å²) >= 11 is 5.80. The molecule has 0 saturated carbocycles. The molecule has 0 aromatic heterocycles. The van der Waals surface area contributed by atoms with E-state index >= 15 is 0 Å². The lowest BCUT2D eigenvalue weighted by Crippen LogP contribution is -2.72. The molecule has 3 aromatic rings. The molecule has 0 aliphatic carbocycles. The summed E-state index contributed by atoms with van der Waals surface area (Å²) in [6.45, 7) is 5.94. The molecule has 1 amide bonds. The van der Waals surface area contributed by atoms with E-state index in [1.165, 1.54) is 0 Å². The van der Waals surface area contributed by atoms with Crippen molar-refractivity contribution >= 4 is 34.6 Å². The third kappa shape index (κ3) is 3.47. The standard InChI is InChI=1S/C27H27N3O3S/c1-16-13-14-20(17(2)15-16)28-25(31)22-23-19-11-8-12-21(32-4)24(19)33-27(22,3)30(26(34)29-23)18-9-6-5-7-10-18/h5-15,22-23H,1-4H3,(H,28,31)(H,29,34)/t22-,23-,27+/m1/s1. The molecule has 3 atom stereocenters. The van der Waals surface area contributed by atoms with E-state index in [2.05, 4.69) is 16.7 Å². The highest BCUT2D eigenvalue weighted by Crippen LogP contribution is 2.52. The van der Waals surface area contributed by atoms with Crippen molar-refractivity contribution < 1.29 is 14.3 Å². The molecule has 2 N–H and O–H groups in total. The molecular weight excluding hydrogens is 446 g/mol. The molecule has 1 fully saturated rings. The van der Waals surface area contributed by atoms with Gasteiger partial charge in [-0.3, -0.25) is 9.69 Å². The number of ether oxygens (including phenoxy) is 2. The van der Waals surface area contributed by atoms with Crippen molar-refractivity contribution in [2.24, 2.45) is 5.92 Å². The minimum Gasteiger partial charge on any atom is -0.493 e. The Hall–Kier alpha value is -3.58. The van der Waals surface area contributed by atoms with Crippen LogP contribution in [-0.2, 0) is 4.79 Å². The Morgan fingerprint density at radius 1 is 1.12 bits per heavy atom. The fourth-order valence-corrected chi connectivity index (χ4v) is 5.47. The Bertz CT molecular complexity index is 1280. The highest BCUT2D eigenvalue weighted by atomic mass is 32.1. The molecule has 5 rings (SSSR count). The smallest absolute Gasteiger partial charge is 0.236 e. The summed E-state index contributed by atoms with van der Waals surface area (Å²) in [5.74, 6) is 0.470. The summed E-state index contributed by atoms with van der Waals surface area (Å²) in [6.07, 6.45) is 0. The molecule has 6 nitrogen and oxygen atoms in total. The van der Waals surface area contributed by atoms with Gasteiger partial charge in [-0.1, -0.05) is 48.0 Å². The number of aryl methyl sites for hydroxylation is 2. The van der Waals surface area contributed by atoms with Gasteiger partial charge in [-0.15, -0.1) is 0 Å². The maximum absolute atomic E-state index is 13.9. The maximum Gasteiger partial charge on any atom is 0.236 e. The summed E-state index contributed by atoms with van der Waals surface area (Å²) in [5.41, 5.74) is 3.51. The zero-order valence-electron chi connectivity index (χ0n) is 19.6. The number of hydrogen-bond acceptors (Lipinski definition) is 4. The van der Waals surface area contributed by atoms with Crippen LogP contribution in [0.1, 0.15) is 29.7 Å². The van der Waals surface area contributed by atoms with E-state index in [9.17, 15) is 4.79 Å². The van der Waals surface area contributed by atoms with Crippen molar-refractivity contribution in [2.75, 3.05) is 17.3 Å². The van der Waals surface area contributed by atoms with Crippen molar-refractivity contribution in [3.05, 3.63) is 83.4 Å². The fraction of sp³-hybridized carbons (Fsp3) is 0.259. The summed E-state index contributed by atoms with van der Waals surface area (Å²) < 4.78 is 12.3. The Balaban J connectivity index is 1.64. The predicted molar refractivity (Wildman–Crippen MR) is 137 cm³/mol. The number of anilines is 2. The molecule has 1 saturated heterocycles. The van der Waals surface area contributed by atoms with Crippen molar-refractivity contribution in [2.45, 2.75) is 32.5 Å². The van der Waals surface area contributed by atoms with Crippen molar-refractivity contribution in [3.63, 3.8) is 0 Å². The highest BCUT2D eigenvalue weighted by molar-refractivity contribution is 7.80. The van der Waals surface area contributed by atoms with Crippen LogP contribution in [0.15, 0.2) is 66.7 Å². The Labute approximate surface area is 204 Å². The summed E-state index contributed by atoms with van der Waals surface area (Å²) in [4.78, 5) is 15.8. The lowest BCUT2D eigenvalue weighted by molar-refractivity contribution is -0.130. The second-order valence-corrected chi connectivity index (χ2v) is 9.31. The first-order valence-electron chi connectivity index (χ1n) is 11.2. The Morgan fingerprint density at radius 3 is 2.59 bits per heavy atom. The molecule has 2 aliphatic heterocycles. The number of rotatable bonds is 4.